The number of nitrogens with two attached hydrogens (primary N) is 1. The summed E-state index contributed by atoms with van der Waals surface area (Å²) in [5.41, 5.74) is 5.52. The summed E-state index contributed by atoms with van der Waals surface area (Å²) in [5, 5.41) is 33.6. The average molecular weight is 479 g/mol. The molecule has 0 spiro atoms. The molecule has 0 aromatic carbocycles. The van der Waals surface area contributed by atoms with Crippen LogP contribution in [0, 0.1) is 5.92 Å². The summed E-state index contributed by atoms with van der Waals surface area (Å²) in [5.74, 6) is -6.84. The molecule has 32 heavy (non-hydrogen) atoms. The van der Waals surface area contributed by atoms with E-state index >= 15 is 0 Å². The molecule has 0 aliphatic heterocycles. The van der Waals surface area contributed by atoms with E-state index in [4.69, 9.17) is 21.1 Å². The molecular formula is C18H30N4O9S. The number of carboxylic acids is 3. The summed E-state index contributed by atoms with van der Waals surface area (Å²) in [7, 11) is 0. The van der Waals surface area contributed by atoms with Gasteiger partial charge in [-0.2, -0.15) is 11.8 Å². The number of thioether (sulfide) groups is 1. The van der Waals surface area contributed by atoms with Gasteiger partial charge in [0.1, 0.15) is 18.1 Å². The molecule has 0 unspecified atom stereocenters. The lowest BCUT2D eigenvalue weighted by molar-refractivity contribution is -0.147. The molecule has 0 aromatic heterocycles. The van der Waals surface area contributed by atoms with E-state index in [-0.39, 0.29) is 6.42 Å². The zero-order chi connectivity index (χ0) is 25.0. The van der Waals surface area contributed by atoms with Crippen LogP contribution < -0.4 is 21.7 Å². The number of carboxylic acid groups (broad SMARTS) is 3. The van der Waals surface area contributed by atoms with Crippen LogP contribution >= 0.6 is 11.8 Å². The molecule has 3 amide bonds. The third-order valence-corrected chi connectivity index (χ3v) is 4.86. The van der Waals surface area contributed by atoms with Crippen molar-refractivity contribution in [1.29, 1.82) is 0 Å². The Morgan fingerprint density at radius 1 is 0.812 bits per heavy atom. The standard InChI is InChI=1S/C18H30N4O9S/c1-8(2)14(17(29)21-11(18(30)31)7-13(25)26)22-16(28)10(4-5-32-3)20-15(27)9(19)6-12(23)24/h8-11,14H,4-7,19H2,1-3H3,(H,20,27)(H,21,29)(H,22,28)(H,23,24)(H,25,26)(H,30,31)/t9-,10-,11-,14-/m0/s1. The van der Waals surface area contributed by atoms with Crippen molar-refractivity contribution in [3.05, 3.63) is 0 Å². The quantitative estimate of drug-likeness (QED) is 0.139. The first-order valence-electron chi connectivity index (χ1n) is 9.62. The second-order valence-corrected chi connectivity index (χ2v) is 8.26. The van der Waals surface area contributed by atoms with Crippen molar-refractivity contribution in [2.45, 2.75) is 57.3 Å². The molecule has 0 radical (unpaired) electrons. The summed E-state index contributed by atoms with van der Waals surface area (Å²) >= 11 is 1.39. The normalized spacial score (nSPS) is 14.5. The largest absolute Gasteiger partial charge is 0.481 e. The molecule has 4 atom stereocenters. The van der Waals surface area contributed by atoms with Gasteiger partial charge in [-0.3, -0.25) is 24.0 Å². The number of rotatable bonds is 15. The summed E-state index contributed by atoms with van der Waals surface area (Å²) in [6.45, 7) is 3.16. The summed E-state index contributed by atoms with van der Waals surface area (Å²) in [6.07, 6.45) is 0.432. The molecule has 0 bridgehead atoms. The molecule has 0 rings (SSSR count). The van der Waals surface area contributed by atoms with E-state index < -0.39 is 78.6 Å². The van der Waals surface area contributed by atoms with Gasteiger partial charge >= 0.3 is 17.9 Å². The minimum atomic E-state index is -1.70. The number of carbonyl (C=O) groups is 6. The Morgan fingerprint density at radius 3 is 1.78 bits per heavy atom. The van der Waals surface area contributed by atoms with Gasteiger partial charge in [-0.05, 0) is 24.3 Å². The number of hydrogen-bond donors (Lipinski definition) is 7. The van der Waals surface area contributed by atoms with Crippen molar-refractivity contribution < 1.29 is 44.1 Å². The fraction of sp³-hybridized carbons (Fsp3) is 0.667. The minimum absolute atomic E-state index is 0.154. The van der Waals surface area contributed by atoms with Crippen LogP contribution in [0.2, 0.25) is 0 Å². The summed E-state index contributed by atoms with van der Waals surface area (Å²) in [4.78, 5) is 70.2. The highest BCUT2D eigenvalue weighted by Gasteiger charge is 2.32. The van der Waals surface area contributed by atoms with Crippen molar-refractivity contribution in [3.63, 3.8) is 0 Å². The maximum Gasteiger partial charge on any atom is 0.326 e. The zero-order valence-corrected chi connectivity index (χ0v) is 18.8. The lowest BCUT2D eigenvalue weighted by Gasteiger charge is -2.26. The van der Waals surface area contributed by atoms with Gasteiger partial charge in [0.05, 0.1) is 18.9 Å². The van der Waals surface area contributed by atoms with Crippen LogP contribution in [0.4, 0.5) is 0 Å². The molecule has 0 aliphatic carbocycles. The molecule has 0 aliphatic rings. The van der Waals surface area contributed by atoms with E-state index in [9.17, 15) is 28.8 Å². The van der Waals surface area contributed by atoms with Crippen molar-refractivity contribution in [2.75, 3.05) is 12.0 Å². The topological polar surface area (TPSA) is 225 Å². The van der Waals surface area contributed by atoms with E-state index in [1.807, 2.05) is 0 Å². The number of hydrogen-bond acceptors (Lipinski definition) is 8. The fourth-order valence-electron chi connectivity index (χ4n) is 2.49. The molecule has 14 heteroatoms. The van der Waals surface area contributed by atoms with Gasteiger partial charge in [-0.25, -0.2) is 4.79 Å². The second-order valence-electron chi connectivity index (χ2n) is 7.27. The van der Waals surface area contributed by atoms with E-state index in [2.05, 4.69) is 16.0 Å². The van der Waals surface area contributed by atoms with E-state index in [0.29, 0.717) is 5.75 Å². The molecule has 182 valence electrons. The van der Waals surface area contributed by atoms with Crippen LogP contribution in [0.1, 0.15) is 33.1 Å². The molecule has 0 aromatic rings. The number of aliphatic carboxylic acids is 3. The highest BCUT2D eigenvalue weighted by Crippen LogP contribution is 2.07. The van der Waals surface area contributed by atoms with Crippen molar-refractivity contribution in [1.82, 2.24) is 16.0 Å². The van der Waals surface area contributed by atoms with Gasteiger partial charge in [0.15, 0.2) is 0 Å². The Balaban J connectivity index is 5.40. The lowest BCUT2D eigenvalue weighted by atomic mass is 10.0. The van der Waals surface area contributed by atoms with Gasteiger partial charge in [-0.15, -0.1) is 0 Å². The van der Waals surface area contributed by atoms with Gasteiger partial charge in [0.2, 0.25) is 17.7 Å². The Morgan fingerprint density at radius 2 is 1.34 bits per heavy atom. The first-order valence-corrected chi connectivity index (χ1v) is 11.0. The van der Waals surface area contributed by atoms with Gasteiger partial charge in [-0.1, -0.05) is 13.8 Å². The molecule has 0 heterocycles. The van der Waals surface area contributed by atoms with Crippen LogP contribution in [-0.2, 0) is 28.8 Å². The van der Waals surface area contributed by atoms with Crippen LogP contribution in [0.3, 0.4) is 0 Å². The van der Waals surface area contributed by atoms with Crippen molar-refractivity contribution >= 4 is 47.4 Å². The van der Waals surface area contributed by atoms with Crippen molar-refractivity contribution in [3.8, 4) is 0 Å². The minimum Gasteiger partial charge on any atom is -0.481 e. The molecule has 0 saturated carbocycles. The van der Waals surface area contributed by atoms with Crippen LogP contribution in [0.15, 0.2) is 0 Å². The van der Waals surface area contributed by atoms with Crippen molar-refractivity contribution in [2.24, 2.45) is 11.7 Å². The Labute approximate surface area is 188 Å². The molecule has 0 saturated heterocycles. The fourth-order valence-corrected chi connectivity index (χ4v) is 2.96. The highest BCUT2D eigenvalue weighted by molar-refractivity contribution is 7.98. The lowest BCUT2D eigenvalue weighted by Crippen LogP contribution is -2.58. The van der Waals surface area contributed by atoms with Gasteiger partial charge in [0, 0.05) is 0 Å². The Kier molecular flexibility index (Phi) is 13.0. The van der Waals surface area contributed by atoms with Gasteiger partial charge < -0.3 is 37.0 Å². The number of nitrogens with one attached hydrogen (secondary N) is 3. The molecule has 13 nitrogen and oxygen atoms in total. The zero-order valence-electron chi connectivity index (χ0n) is 18.0. The van der Waals surface area contributed by atoms with E-state index in [1.54, 1.807) is 20.1 Å². The maximum absolute atomic E-state index is 12.8. The van der Waals surface area contributed by atoms with Gasteiger partial charge in [0.25, 0.3) is 0 Å². The Bertz CT molecular complexity index is 717. The van der Waals surface area contributed by atoms with Crippen LogP contribution in [0.5, 0.6) is 0 Å². The average Bonchev–Trinajstić information content (AvgIpc) is 2.66. The third kappa shape index (κ3) is 10.9. The van der Waals surface area contributed by atoms with Crippen LogP contribution in [-0.4, -0.2) is 87.1 Å². The summed E-state index contributed by atoms with van der Waals surface area (Å²) < 4.78 is 0. The third-order valence-electron chi connectivity index (χ3n) is 4.22. The predicted octanol–water partition coefficient (Wildman–Crippen LogP) is -1.79. The first-order chi connectivity index (χ1) is 14.8. The Hall–Kier alpha value is -2.87. The van der Waals surface area contributed by atoms with Crippen LogP contribution in [0.25, 0.3) is 0 Å². The first kappa shape index (κ1) is 29.1. The number of amides is 3. The molecule has 8 N–H and O–H groups in total. The highest BCUT2D eigenvalue weighted by atomic mass is 32.2. The molecule has 0 fully saturated rings. The SMILES string of the molecule is CSCC[C@H](NC(=O)[C@@H](N)CC(=O)O)C(=O)N[C@H](C(=O)N[C@@H](CC(=O)O)C(=O)O)C(C)C. The second kappa shape index (κ2) is 14.2. The summed E-state index contributed by atoms with van der Waals surface area (Å²) in [6, 6.07) is -5.43. The smallest absolute Gasteiger partial charge is 0.326 e. The monoisotopic (exact) mass is 478 g/mol. The number of carbonyl (C=O) groups excluding carboxylic acids is 3. The van der Waals surface area contributed by atoms with E-state index in [1.165, 1.54) is 11.8 Å². The molecular weight excluding hydrogens is 448 g/mol. The van der Waals surface area contributed by atoms with E-state index in [0.717, 1.165) is 0 Å². The predicted molar refractivity (Wildman–Crippen MR) is 114 cm³/mol. The maximum atomic E-state index is 12.8.